The molecule has 0 spiro atoms. The van der Waals surface area contributed by atoms with Crippen molar-refractivity contribution >= 4 is 9.52 Å². The van der Waals surface area contributed by atoms with Gasteiger partial charge in [-0.3, -0.25) is 6.08 Å². The number of allylic oxidation sites excluding steroid dienone is 4. The second kappa shape index (κ2) is 18.7. The van der Waals surface area contributed by atoms with E-state index >= 15 is 0 Å². The molecular formula is C23H44NSiTi. The van der Waals surface area contributed by atoms with E-state index < -0.39 is 0 Å². The van der Waals surface area contributed by atoms with Crippen molar-refractivity contribution in [3.63, 3.8) is 0 Å². The van der Waals surface area contributed by atoms with Crippen LogP contribution in [0.4, 0.5) is 0 Å². The molecule has 1 saturated carbocycles. The second-order valence-electron chi connectivity index (χ2n) is 7.83. The minimum absolute atomic E-state index is 0. The molecular weight excluding hydrogens is 366 g/mol. The summed E-state index contributed by atoms with van der Waals surface area (Å²) in [6, 6.07) is 0.249. The normalized spacial score (nSPS) is 22.4. The Hall–Kier alpha value is 0.371. The summed E-state index contributed by atoms with van der Waals surface area (Å²) < 4.78 is 0. The Balaban J connectivity index is 0. The smallest absolute Gasteiger partial charge is 0.675 e. The van der Waals surface area contributed by atoms with Gasteiger partial charge in [0.25, 0.3) is 0 Å². The molecule has 26 heavy (non-hydrogen) atoms. The van der Waals surface area contributed by atoms with Crippen LogP contribution in [0.3, 0.4) is 0 Å². The van der Waals surface area contributed by atoms with Crippen molar-refractivity contribution in [2.24, 2.45) is 5.92 Å². The maximum Gasteiger partial charge on any atom is 2.00 e. The summed E-state index contributed by atoms with van der Waals surface area (Å²) in [5.41, 5.74) is 12.0. The summed E-state index contributed by atoms with van der Waals surface area (Å²) in [5.74, 6) is 0.560. The van der Waals surface area contributed by atoms with Crippen LogP contribution in [0.1, 0.15) is 98.3 Å². The van der Waals surface area contributed by atoms with Gasteiger partial charge >= 0.3 is 21.7 Å². The SMILES string of the molecule is CC1=[C-]C(C)C(C)=C1C.C[SiH]C.[NH-]C1CCCCCCCCCCC1.[Ti+2]. The topological polar surface area (TPSA) is 23.8 Å². The molecule has 0 amide bonds. The van der Waals surface area contributed by atoms with Crippen LogP contribution in [-0.2, 0) is 21.7 Å². The van der Waals surface area contributed by atoms with Crippen molar-refractivity contribution in [2.45, 2.75) is 117 Å². The zero-order valence-corrected chi connectivity index (χ0v) is 21.2. The summed E-state index contributed by atoms with van der Waals surface area (Å²) in [6.45, 7) is 13.1. The van der Waals surface area contributed by atoms with Crippen LogP contribution in [0.15, 0.2) is 16.7 Å². The van der Waals surface area contributed by atoms with E-state index in [1.807, 2.05) is 0 Å². The van der Waals surface area contributed by atoms with Crippen LogP contribution in [0.5, 0.6) is 0 Å². The fourth-order valence-corrected chi connectivity index (χ4v) is 3.33. The number of hydrogen-bond donors (Lipinski definition) is 0. The van der Waals surface area contributed by atoms with Crippen molar-refractivity contribution in [3.05, 3.63) is 28.5 Å². The van der Waals surface area contributed by atoms with Gasteiger partial charge in [-0.2, -0.15) is 11.1 Å². The van der Waals surface area contributed by atoms with Crippen molar-refractivity contribution in [1.29, 1.82) is 0 Å². The van der Waals surface area contributed by atoms with Crippen LogP contribution in [0.25, 0.3) is 5.73 Å². The molecule has 0 heterocycles. The van der Waals surface area contributed by atoms with E-state index in [0.29, 0.717) is 5.92 Å². The molecule has 1 atom stereocenters. The van der Waals surface area contributed by atoms with Gasteiger partial charge in [0.1, 0.15) is 0 Å². The van der Waals surface area contributed by atoms with Crippen molar-refractivity contribution < 1.29 is 21.7 Å². The summed E-state index contributed by atoms with van der Waals surface area (Å²) in [5, 5.41) is 0. The van der Waals surface area contributed by atoms with E-state index in [0.717, 1.165) is 22.4 Å². The molecule has 0 aliphatic heterocycles. The third kappa shape index (κ3) is 14.4. The van der Waals surface area contributed by atoms with Crippen molar-refractivity contribution in [3.8, 4) is 0 Å². The Kier molecular flexibility index (Phi) is 20.6. The van der Waals surface area contributed by atoms with Gasteiger partial charge in [-0.25, -0.2) is 5.57 Å². The Labute approximate surface area is 182 Å². The van der Waals surface area contributed by atoms with E-state index in [9.17, 15) is 0 Å². The average Bonchev–Trinajstić information content (AvgIpc) is 2.78. The van der Waals surface area contributed by atoms with Crippen LogP contribution in [-0.4, -0.2) is 15.6 Å². The molecule has 1 radical (unpaired) electrons. The van der Waals surface area contributed by atoms with Gasteiger partial charge in [0.15, 0.2) is 0 Å². The molecule has 1 N–H and O–H groups in total. The third-order valence-electron chi connectivity index (χ3n) is 5.34. The van der Waals surface area contributed by atoms with Gasteiger partial charge in [0.05, 0.1) is 0 Å². The molecule has 0 saturated heterocycles. The summed E-state index contributed by atoms with van der Waals surface area (Å²) in [4.78, 5) is 0. The predicted molar refractivity (Wildman–Crippen MR) is 118 cm³/mol. The van der Waals surface area contributed by atoms with Crippen LogP contribution < -0.4 is 0 Å². The standard InChI is InChI=1S/C12H24N.C9H13.C2H7Si.Ti/c13-12-10-8-6-4-2-1-3-5-7-9-11-12;1-6-5-7(2)9(4)8(6)3;1-3-2;/h12-13H,1-11H2;6H,1-4H3;3H,1-2H3;/q2*-1;;+2. The Morgan fingerprint density at radius 2 is 1.15 bits per heavy atom. The van der Waals surface area contributed by atoms with Crippen LogP contribution in [0, 0.1) is 12.0 Å². The summed E-state index contributed by atoms with van der Waals surface area (Å²) in [7, 11) is 0.750. The molecule has 0 aromatic rings. The molecule has 2 aliphatic rings. The number of hydrogen-bond acceptors (Lipinski definition) is 0. The van der Waals surface area contributed by atoms with E-state index in [4.69, 9.17) is 5.73 Å². The minimum Gasteiger partial charge on any atom is -0.675 e. The van der Waals surface area contributed by atoms with Crippen LogP contribution in [0.2, 0.25) is 13.1 Å². The number of rotatable bonds is 0. The predicted octanol–water partition coefficient (Wildman–Crippen LogP) is 7.95. The summed E-state index contributed by atoms with van der Waals surface area (Å²) >= 11 is 0. The average molecular weight is 411 g/mol. The van der Waals surface area contributed by atoms with E-state index in [2.05, 4.69) is 46.9 Å². The first-order valence-corrected chi connectivity index (χ1v) is 13.0. The van der Waals surface area contributed by atoms with E-state index in [-0.39, 0.29) is 27.8 Å². The maximum atomic E-state index is 7.80. The van der Waals surface area contributed by atoms with Gasteiger partial charge in [0.2, 0.25) is 0 Å². The van der Waals surface area contributed by atoms with Gasteiger partial charge in [-0.05, 0) is 0 Å². The fourth-order valence-electron chi connectivity index (χ4n) is 3.33. The zero-order valence-electron chi connectivity index (χ0n) is 18.5. The van der Waals surface area contributed by atoms with Crippen molar-refractivity contribution in [1.82, 2.24) is 0 Å². The molecule has 149 valence electrons. The quantitative estimate of drug-likeness (QED) is 0.286. The van der Waals surface area contributed by atoms with Gasteiger partial charge in [-0.1, -0.05) is 110 Å². The monoisotopic (exact) mass is 410 g/mol. The molecule has 1 fully saturated rings. The molecule has 1 nitrogen and oxygen atoms in total. The number of nitrogens with one attached hydrogen (secondary N) is 1. The Morgan fingerprint density at radius 3 is 1.38 bits per heavy atom. The second-order valence-corrected chi connectivity index (χ2v) is 8.99. The third-order valence-corrected chi connectivity index (χ3v) is 5.34. The maximum absolute atomic E-state index is 7.80. The minimum atomic E-state index is 0. The van der Waals surface area contributed by atoms with E-state index in [1.165, 1.54) is 74.5 Å². The van der Waals surface area contributed by atoms with Crippen molar-refractivity contribution in [2.75, 3.05) is 0 Å². The molecule has 0 aromatic heterocycles. The molecule has 2 rings (SSSR count). The Morgan fingerprint density at radius 1 is 0.808 bits per heavy atom. The molecule has 0 bridgehead atoms. The first-order valence-electron chi connectivity index (χ1n) is 10.7. The van der Waals surface area contributed by atoms with E-state index in [1.54, 1.807) is 0 Å². The zero-order chi connectivity index (χ0) is 19.1. The van der Waals surface area contributed by atoms with Gasteiger partial charge < -0.3 is 5.73 Å². The van der Waals surface area contributed by atoms with Crippen LogP contribution >= 0.6 is 0 Å². The summed E-state index contributed by atoms with van der Waals surface area (Å²) in [6.07, 6.45) is 18.1. The first kappa shape index (κ1) is 28.6. The van der Waals surface area contributed by atoms with Gasteiger partial charge in [0, 0.05) is 9.52 Å². The Bertz CT molecular complexity index is 378. The van der Waals surface area contributed by atoms with Gasteiger partial charge in [-0.15, -0.1) is 13.0 Å². The fraction of sp³-hybridized carbons (Fsp3) is 0.826. The molecule has 0 aromatic carbocycles. The molecule has 1 unspecified atom stereocenters. The molecule has 3 heteroatoms. The molecule has 2 aliphatic carbocycles. The first-order chi connectivity index (χ1) is 11.9. The largest absolute Gasteiger partial charge is 2.00 e.